The molecule has 13 heavy (non-hydrogen) atoms. The molecule has 2 fully saturated rings. The van der Waals surface area contributed by atoms with Crippen molar-refractivity contribution in [3.8, 4) is 0 Å². The normalized spacial score (nSPS) is 42.5. The summed E-state index contributed by atoms with van der Waals surface area (Å²) in [6.45, 7) is 0.00802. The number of rotatable bonds is 3. The first-order valence-electron chi connectivity index (χ1n) is 4.26. The minimum atomic E-state index is -0.833. The third-order valence-corrected chi connectivity index (χ3v) is 2.58. The smallest absolute Gasteiger partial charge is 0.311 e. The quantitative estimate of drug-likeness (QED) is 0.465. The fourth-order valence-electron chi connectivity index (χ4n) is 1.93. The lowest BCUT2D eigenvalue weighted by atomic mass is 10.0. The summed E-state index contributed by atoms with van der Waals surface area (Å²) < 4.78 is 0. The number of nitrogens with zero attached hydrogens (tertiary/aromatic N) is 1. The first kappa shape index (κ1) is 8.89. The van der Waals surface area contributed by atoms with Crippen molar-refractivity contribution in [2.45, 2.75) is 25.0 Å². The molecule has 3 unspecified atom stereocenters. The SMILES string of the molecule is NCON1OC12CCCC2C(=O)O. The van der Waals surface area contributed by atoms with Crippen LogP contribution in [0.2, 0.25) is 0 Å². The maximum atomic E-state index is 10.8. The van der Waals surface area contributed by atoms with Crippen LogP contribution in [0.15, 0.2) is 0 Å². The average Bonchev–Trinajstić information content (AvgIpc) is 2.59. The van der Waals surface area contributed by atoms with E-state index in [4.69, 9.17) is 20.5 Å². The number of hydrogen-bond acceptors (Lipinski definition) is 5. The summed E-state index contributed by atoms with van der Waals surface area (Å²) in [6, 6.07) is 0. The molecule has 6 nitrogen and oxygen atoms in total. The first-order valence-corrected chi connectivity index (χ1v) is 4.26. The van der Waals surface area contributed by atoms with Crippen LogP contribution in [-0.4, -0.2) is 28.8 Å². The summed E-state index contributed by atoms with van der Waals surface area (Å²) in [6.07, 6.45) is 2.19. The predicted molar refractivity (Wildman–Crippen MR) is 40.8 cm³/mol. The van der Waals surface area contributed by atoms with Crippen molar-refractivity contribution in [2.75, 3.05) is 6.73 Å². The highest BCUT2D eigenvalue weighted by Gasteiger charge is 2.67. The molecule has 0 aromatic rings. The van der Waals surface area contributed by atoms with Crippen LogP contribution in [0.5, 0.6) is 0 Å². The van der Waals surface area contributed by atoms with Gasteiger partial charge in [0.15, 0.2) is 0 Å². The fourth-order valence-corrected chi connectivity index (χ4v) is 1.93. The standard InChI is InChI=1S/C7H12N2O4/c8-4-12-9-7(13-9)3-1-2-5(7)6(10)11/h5H,1-4,8H2,(H,10,11). The van der Waals surface area contributed by atoms with Crippen molar-refractivity contribution in [2.24, 2.45) is 11.7 Å². The van der Waals surface area contributed by atoms with E-state index in [0.717, 1.165) is 6.42 Å². The van der Waals surface area contributed by atoms with Crippen molar-refractivity contribution in [3.63, 3.8) is 0 Å². The van der Waals surface area contributed by atoms with Gasteiger partial charge in [-0.15, -0.1) is 0 Å². The molecule has 2 aliphatic rings. The molecule has 1 spiro atoms. The molecule has 0 bridgehead atoms. The molecule has 1 heterocycles. The molecule has 0 amide bonds. The van der Waals surface area contributed by atoms with Crippen LogP contribution >= 0.6 is 0 Å². The van der Waals surface area contributed by atoms with E-state index in [1.54, 1.807) is 0 Å². The van der Waals surface area contributed by atoms with Crippen molar-refractivity contribution in [1.82, 2.24) is 5.23 Å². The number of carbonyl (C=O) groups is 1. The van der Waals surface area contributed by atoms with Crippen LogP contribution in [0.3, 0.4) is 0 Å². The summed E-state index contributed by atoms with van der Waals surface area (Å²) in [7, 11) is 0. The van der Waals surface area contributed by atoms with Gasteiger partial charge >= 0.3 is 5.97 Å². The Morgan fingerprint density at radius 2 is 2.62 bits per heavy atom. The highest BCUT2D eigenvalue weighted by atomic mass is 17.1. The minimum absolute atomic E-state index is 0.00802. The molecule has 1 saturated carbocycles. The molecule has 3 atom stereocenters. The Morgan fingerprint density at radius 1 is 1.85 bits per heavy atom. The number of nitrogens with two attached hydrogens (primary N) is 1. The number of hydrogen-bond donors (Lipinski definition) is 2. The highest BCUT2D eigenvalue weighted by molar-refractivity contribution is 5.72. The van der Waals surface area contributed by atoms with E-state index >= 15 is 0 Å². The van der Waals surface area contributed by atoms with Gasteiger partial charge in [-0.05, 0) is 24.5 Å². The second kappa shape index (κ2) is 2.91. The van der Waals surface area contributed by atoms with Gasteiger partial charge in [0.05, 0.1) is 0 Å². The summed E-state index contributed by atoms with van der Waals surface area (Å²) in [4.78, 5) is 20.8. The zero-order valence-electron chi connectivity index (χ0n) is 7.10. The second-order valence-electron chi connectivity index (χ2n) is 3.27. The van der Waals surface area contributed by atoms with Crippen molar-refractivity contribution in [3.05, 3.63) is 0 Å². The topological polar surface area (TPSA) is 88.1 Å². The van der Waals surface area contributed by atoms with E-state index in [2.05, 4.69) is 0 Å². The van der Waals surface area contributed by atoms with Gasteiger partial charge in [-0.3, -0.25) is 9.63 Å². The summed E-state index contributed by atoms with van der Waals surface area (Å²) in [5, 5.41) is 10.1. The summed E-state index contributed by atoms with van der Waals surface area (Å²) in [5.41, 5.74) is 4.43. The zero-order chi connectivity index (χ0) is 9.47. The molecule has 1 saturated heterocycles. The van der Waals surface area contributed by atoms with Gasteiger partial charge in [-0.2, -0.15) is 0 Å². The van der Waals surface area contributed by atoms with Gasteiger partial charge in [-0.25, -0.2) is 4.84 Å². The molecule has 0 aromatic heterocycles. The van der Waals surface area contributed by atoms with E-state index in [0.29, 0.717) is 12.8 Å². The molecule has 1 aliphatic carbocycles. The number of carboxylic acids is 1. The van der Waals surface area contributed by atoms with Crippen LogP contribution in [0.4, 0.5) is 0 Å². The van der Waals surface area contributed by atoms with Gasteiger partial charge in [-0.1, -0.05) is 0 Å². The lowest BCUT2D eigenvalue weighted by Gasteiger charge is -2.08. The van der Waals surface area contributed by atoms with Crippen LogP contribution < -0.4 is 5.73 Å². The Morgan fingerprint density at radius 3 is 3.23 bits per heavy atom. The number of aliphatic carboxylic acids is 1. The molecule has 0 aromatic carbocycles. The molecule has 2 rings (SSSR count). The van der Waals surface area contributed by atoms with Gasteiger partial charge < -0.3 is 10.8 Å². The van der Waals surface area contributed by atoms with Gasteiger partial charge in [0.1, 0.15) is 12.6 Å². The number of carboxylic acid groups (broad SMARTS) is 1. The van der Waals surface area contributed by atoms with Gasteiger partial charge in [0.2, 0.25) is 5.72 Å². The van der Waals surface area contributed by atoms with E-state index in [9.17, 15) is 4.79 Å². The van der Waals surface area contributed by atoms with E-state index in [1.807, 2.05) is 0 Å². The largest absolute Gasteiger partial charge is 0.481 e. The predicted octanol–water partition coefficient (Wildman–Crippen LogP) is -0.338. The molecular weight excluding hydrogens is 176 g/mol. The Kier molecular flexibility index (Phi) is 1.99. The maximum absolute atomic E-state index is 10.8. The Hall–Kier alpha value is -0.690. The monoisotopic (exact) mass is 188 g/mol. The summed E-state index contributed by atoms with van der Waals surface area (Å²) in [5.74, 6) is -1.32. The van der Waals surface area contributed by atoms with E-state index in [1.165, 1.54) is 5.23 Å². The lowest BCUT2D eigenvalue weighted by molar-refractivity contribution is -0.168. The zero-order valence-corrected chi connectivity index (χ0v) is 7.10. The summed E-state index contributed by atoms with van der Waals surface area (Å²) >= 11 is 0. The van der Waals surface area contributed by atoms with Crippen molar-refractivity contribution in [1.29, 1.82) is 0 Å². The third kappa shape index (κ3) is 1.22. The van der Waals surface area contributed by atoms with E-state index in [-0.39, 0.29) is 6.73 Å². The lowest BCUT2D eigenvalue weighted by Crippen LogP contribution is -2.30. The Balaban J connectivity index is 2.03. The molecule has 6 heteroatoms. The fraction of sp³-hybridized carbons (Fsp3) is 0.857. The van der Waals surface area contributed by atoms with Gasteiger partial charge in [0.25, 0.3) is 0 Å². The number of hydroxylamine groups is 2. The third-order valence-electron chi connectivity index (χ3n) is 2.58. The first-order chi connectivity index (χ1) is 6.20. The van der Waals surface area contributed by atoms with Gasteiger partial charge in [0, 0.05) is 0 Å². The average molecular weight is 188 g/mol. The molecule has 0 radical (unpaired) electrons. The molecule has 74 valence electrons. The Labute approximate surface area is 75.1 Å². The van der Waals surface area contributed by atoms with E-state index < -0.39 is 17.6 Å². The molecular formula is C7H12N2O4. The molecule has 1 aliphatic heterocycles. The minimum Gasteiger partial charge on any atom is -0.481 e. The highest BCUT2D eigenvalue weighted by Crippen LogP contribution is 2.52. The van der Waals surface area contributed by atoms with Crippen molar-refractivity contribution >= 4 is 5.97 Å². The Bertz CT molecular complexity index is 235. The second-order valence-corrected chi connectivity index (χ2v) is 3.27. The van der Waals surface area contributed by atoms with Crippen LogP contribution in [0.1, 0.15) is 19.3 Å². The van der Waals surface area contributed by atoms with Crippen LogP contribution in [0.25, 0.3) is 0 Å². The van der Waals surface area contributed by atoms with Crippen LogP contribution in [-0.2, 0) is 14.5 Å². The maximum Gasteiger partial charge on any atom is 0.311 e. The van der Waals surface area contributed by atoms with Crippen LogP contribution in [0, 0.1) is 5.92 Å². The van der Waals surface area contributed by atoms with Crippen molar-refractivity contribution < 1.29 is 19.6 Å². The molecule has 3 N–H and O–H groups in total.